The monoisotopic (exact) mass is 400 g/mol. The average Bonchev–Trinajstić information content (AvgIpc) is 2.97. The summed E-state index contributed by atoms with van der Waals surface area (Å²) in [5.41, 5.74) is 3.12. The highest BCUT2D eigenvalue weighted by Crippen LogP contribution is 2.19. The van der Waals surface area contributed by atoms with Crippen LogP contribution < -0.4 is 4.90 Å². The van der Waals surface area contributed by atoms with Crippen molar-refractivity contribution in [2.45, 2.75) is 39.7 Å². The Hall–Kier alpha value is -2.59. The van der Waals surface area contributed by atoms with Gasteiger partial charge in [-0.05, 0) is 38.0 Å². The van der Waals surface area contributed by atoms with Gasteiger partial charge in [0.05, 0.1) is 24.7 Å². The maximum atomic E-state index is 12.7. The summed E-state index contributed by atoms with van der Waals surface area (Å²) in [5.74, 6) is 1.03. The first kappa shape index (κ1) is 20.2. The van der Waals surface area contributed by atoms with Crippen LogP contribution in [0.3, 0.4) is 0 Å². The van der Waals surface area contributed by atoms with Gasteiger partial charge in [-0.2, -0.15) is 10.4 Å². The Bertz CT molecular complexity index is 879. The van der Waals surface area contributed by atoms with Gasteiger partial charge in [0.1, 0.15) is 11.0 Å². The van der Waals surface area contributed by atoms with Crippen LogP contribution in [-0.2, 0) is 17.8 Å². The third-order valence-corrected chi connectivity index (χ3v) is 5.42. The number of anilines is 1. The Morgan fingerprint density at radius 2 is 2.00 bits per heavy atom. The molecule has 1 saturated heterocycles. The maximum absolute atomic E-state index is 12.7. The largest absolute Gasteiger partial charge is 0.353 e. The van der Waals surface area contributed by atoms with Gasteiger partial charge in [0.25, 0.3) is 0 Å². The molecule has 7 nitrogen and oxygen atoms in total. The molecule has 28 heavy (non-hydrogen) atoms. The number of aryl methyl sites for hydroxylation is 2. The quantitative estimate of drug-likeness (QED) is 0.696. The van der Waals surface area contributed by atoms with Crippen LogP contribution >= 0.6 is 11.6 Å². The van der Waals surface area contributed by atoms with E-state index in [1.54, 1.807) is 6.07 Å². The van der Waals surface area contributed by atoms with Crippen LogP contribution in [0.25, 0.3) is 0 Å². The lowest BCUT2D eigenvalue weighted by atomic mass is 10.1. The number of halogens is 1. The van der Waals surface area contributed by atoms with Crippen molar-refractivity contribution in [3.8, 4) is 6.07 Å². The normalized spacial score (nSPS) is 14.2. The van der Waals surface area contributed by atoms with Crippen molar-refractivity contribution in [2.75, 3.05) is 31.1 Å². The van der Waals surface area contributed by atoms with Crippen LogP contribution in [0, 0.1) is 25.2 Å². The zero-order chi connectivity index (χ0) is 20.1. The molecule has 1 fully saturated rings. The zero-order valence-electron chi connectivity index (χ0n) is 16.4. The minimum atomic E-state index is 0.169. The molecule has 2 aromatic heterocycles. The molecule has 2 aromatic rings. The lowest BCUT2D eigenvalue weighted by molar-refractivity contribution is -0.131. The molecule has 0 unspecified atom stereocenters. The predicted molar refractivity (Wildman–Crippen MR) is 108 cm³/mol. The number of rotatable bonds is 6. The molecule has 3 rings (SSSR count). The van der Waals surface area contributed by atoms with E-state index in [1.807, 2.05) is 35.6 Å². The topological polar surface area (TPSA) is 78.0 Å². The summed E-state index contributed by atoms with van der Waals surface area (Å²) in [7, 11) is 0. The molecular formula is C20H25ClN6O. The molecule has 0 saturated carbocycles. The van der Waals surface area contributed by atoms with Crippen molar-refractivity contribution >= 4 is 23.3 Å². The number of carbonyl (C=O) groups excluding carboxylic acids is 1. The number of nitriles is 1. The molecule has 0 N–H and O–H groups in total. The fourth-order valence-corrected chi connectivity index (χ4v) is 3.78. The predicted octanol–water partition coefficient (Wildman–Crippen LogP) is 2.74. The van der Waals surface area contributed by atoms with Crippen LogP contribution in [0.15, 0.2) is 18.2 Å². The highest BCUT2D eigenvalue weighted by Gasteiger charge is 2.22. The number of pyridine rings is 1. The second-order valence-corrected chi connectivity index (χ2v) is 7.35. The molecule has 0 spiro atoms. The number of nitrogens with zero attached hydrogens (tertiary/aromatic N) is 6. The molecule has 0 aliphatic carbocycles. The molecular weight excluding hydrogens is 376 g/mol. The number of aromatic nitrogens is 3. The van der Waals surface area contributed by atoms with Gasteiger partial charge in [-0.15, -0.1) is 0 Å². The number of carbonyl (C=O) groups is 1. The second kappa shape index (κ2) is 9.07. The van der Waals surface area contributed by atoms with Crippen LogP contribution in [0.4, 0.5) is 5.82 Å². The van der Waals surface area contributed by atoms with Gasteiger partial charge in [0, 0.05) is 38.3 Å². The van der Waals surface area contributed by atoms with Crippen molar-refractivity contribution in [2.24, 2.45) is 0 Å². The van der Waals surface area contributed by atoms with Gasteiger partial charge in [-0.1, -0.05) is 17.7 Å². The van der Waals surface area contributed by atoms with Crippen LogP contribution in [0.2, 0.25) is 5.15 Å². The third kappa shape index (κ3) is 4.63. The molecule has 1 aliphatic heterocycles. The molecule has 148 valence electrons. The highest BCUT2D eigenvalue weighted by atomic mass is 35.5. The second-order valence-electron chi connectivity index (χ2n) is 6.97. The van der Waals surface area contributed by atoms with E-state index in [1.165, 1.54) is 0 Å². The van der Waals surface area contributed by atoms with Gasteiger partial charge >= 0.3 is 0 Å². The maximum Gasteiger partial charge on any atom is 0.223 e. The number of hydrogen-bond acceptors (Lipinski definition) is 5. The van der Waals surface area contributed by atoms with E-state index in [0.717, 1.165) is 35.9 Å². The van der Waals surface area contributed by atoms with Crippen LogP contribution in [-0.4, -0.2) is 51.8 Å². The van der Waals surface area contributed by atoms with E-state index >= 15 is 0 Å². The summed E-state index contributed by atoms with van der Waals surface area (Å²) in [6, 6.07) is 7.74. The first-order valence-electron chi connectivity index (χ1n) is 9.54. The molecule has 0 atom stereocenters. The SMILES string of the molecule is Cc1nn(CCC#N)c(C)c1CCC(=O)N1CCN(c2cccc(Cl)n2)CC1. The Kier molecular flexibility index (Phi) is 6.53. The van der Waals surface area contributed by atoms with Crippen molar-refractivity contribution in [3.05, 3.63) is 40.3 Å². The molecule has 1 amide bonds. The summed E-state index contributed by atoms with van der Waals surface area (Å²) < 4.78 is 1.87. The zero-order valence-corrected chi connectivity index (χ0v) is 17.1. The molecule has 0 radical (unpaired) electrons. The summed E-state index contributed by atoms with van der Waals surface area (Å²) >= 11 is 5.97. The fraction of sp³-hybridized carbons (Fsp3) is 0.500. The Morgan fingerprint density at radius 3 is 2.68 bits per heavy atom. The van der Waals surface area contributed by atoms with E-state index in [2.05, 4.69) is 21.1 Å². The number of hydrogen-bond donors (Lipinski definition) is 0. The summed E-state index contributed by atoms with van der Waals surface area (Å²) in [5, 5.41) is 13.8. The Morgan fingerprint density at radius 1 is 1.25 bits per heavy atom. The minimum Gasteiger partial charge on any atom is -0.353 e. The third-order valence-electron chi connectivity index (χ3n) is 5.21. The highest BCUT2D eigenvalue weighted by molar-refractivity contribution is 6.29. The smallest absolute Gasteiger partial charge is 0.223 e. The van der Waals surface area contributed by atoms with E-state index in [-0.39, 0.29) is 5.91 Å². The molecule has 8 heteroatoms. The van der Waals surface area contributed by atoms with Crippen molar-refractivity contribution in [1.82, 2.24) is 19.7 Å². The van der Waals surface area contributed by atoms with Gasteiger partial charge in [0.15, 0.2) is 0 Å². The van der Waals surface area contributed by atoms with Gasteiger partial charge in [-0.3, -0.25) is 9.48 Å². The number of amides is 1. The van der Waals surface area contributed by atoms with E-state index in [4.69, 9.17) is 16.9 Å². The van der Waals surface area contributed by atoms with Gasteiger partial charge < -0.3 is 9.80 Å². The summed E-state index contributed by atoms with van der Waals surface area (Å²) in [6.45, 7) is 7.45. The molecule has 3 heterocycles. The van der Waals surface area contributed by atoms with Crippen LogP contribution in [0.1, 0.15) is 29.8 Å². The van der Waals surface area contributed by atoms with E-state index in [9.17, 15) is 4.79 Å². The first-order chi connectivity index (χ1) is 13.5. The Balaban J connectivity index is 1.53. The molecule has 0 bridgehead atoms. The lowest BCUT2D eigenvalue weighted by Crippen LogP contribution is -2.49. The van der Waals surface area contributed by atoms with Crippen molar-refractivity contribution in [3.63, 3.8) is 0 Å². The first-order valence-corrected chi connectivity index (χ1v) is 9.92. The van der Waals surface area contributed by atoms with Crippen molar-refractivity contribution in [1.29, 1.82) is 5.26 Å². The summed E-state index contributed by atoms with van der Waals surface area (Å²) in [4.78, 5) is 21.1. The number of piperazine rings is 1. The van der Waals surface area contributed by atoms with Crippen molar-refractivity contribution < 1.29 is 4.79 Å². The van der Waals surface area contributed by atoms with E-state index in [0.29, 0.717) is 44.0 Å². The fourth-order valence-electron chi connectivity index (χ4n) is 3.62. The summed E-state index contributed by atoms with van der Waals surface area (Å²) in [6.07, 6.45) is 1.59. The molecule has 1 aliphatic rings. The minimum absolute atomic E-state index is 0.169. The average molecular weight is 401 g/mol. The lowest BCUT2D eigenvalue weighted by Gasteiger charge is -2.35. The van der Waals surface area contributed by atoms with Crippen LogP contribution in [0.5, 0.6) is 0 Å². The Labute approximate surface area is 170 Å². The van der Waals surface area contributed by atoms with Gasteiger partial charge in [0.2, 0.25) is 5.91 Å². The van der Waals surface area contributed by atoms with E-state index < -0.39 is 0 Å². The standard InChI is InChI=1S/C20H25ClN6O/c1-15-17(16(2)27(24-15)10-4-9-22)7-8-20(28)26-13-11-25(12-14-26)19-6-3-5-18(21)23-19/h3,5-6H,4,7-8,10-14H2,1-2H3. The van der Waals surface area contributed by atoms with Gasteiger partial charge in [-0.25, -0.2) is 4.98 Å². The molecule has 0 aromatic carbocycles.